The van der Waals surface area contributed by atoms with Gasteiger partial charge in [0.05, 0.1) is 29.0 Å². The molecule has 9 nitrogen and oxygen atoms in total. The molecule has 3 aromatic rings. The van der Waals surface area contributed by atoms with Crippen LogP contribution in [0.1, 0.15) is 19.4 Å². The van der Waals surface area contributed by atoms with Crippen molar-refractivity contribution in [2.75, 3.05) is 27.2 Å². The van der Waals surface area contributed by atoms with Crippen molar-refractivity contribution in [3.63, 3.8) is 0 Å². The molecule has 210 valence electrons. The van der Waals surface area contributed by atoms with Crippen LogP contribution >= 0.6 is 0 Å². The number of halogens is 3. The molecule has 3 aromatic carbocycles. The third-order valence-electron chi connectivity index (χ3n) is 5.36. The number of alkyl halides is 3. The summed E-state index contributed by atoms with van der Waals surface area (Å²) in [6.07, 6.45) is -3.68. The number of amides is 1. The van der Waals surface area contributed by atoms with Gasteiger partial charge in [0.2, 0.25) is 15.9 Å². The van der Waals surface area contributed by atoms with E-state index < -0.39 is 43.7 Å². The first-order chi connectivity index (χ1) is 18.1. The normalized spacial score (nSPS) is 12.9. The maximum atomic E-state index is 12.9. The van der Waals surface area contributed by atoms with Crippen molar-refractivity contribution < 1.29 is 39.5 Å². The maximum Gasteiger partial charge on any atom is 0.416 e. The van der Waals surface area contributed by atoms with Gasteiger partial charge < -0.3 is 10.1 Å². The summed E-state index contributed by atoms with van der Waals surface area (Å²) in [4.78, 5) is 12.6. The molecule has 0 aliphatic heterocycles. The molecule has 0 fully saturated rings. The van der Waals surface area contributed by atoms with Crippen molar-refractivity contribution in [2.45, 2.75) is 31.0 Å². The predicted molar refractivity (Wildman–Crippen MR) is 142 cm³/mol. The topological polar surface area (TPSA) is 122 Å². The number of hydrogen-bond donors (Lipinski definition) is 2. The van der Waals surface area contributed by atoms with Crippen LogP contribution < -0.4 is 19.1 Å². The van der Waals surface area contributed by atoms with Gasteiger partial charge in [-0.25, -0.2) is 16.8 Å². The Hall–Kier alpha value is -3.78. The van der Waals surface area contributed by atoms with Gasteiger partial charge in [-0.15, -0.1) is 0 Å². The van der Waals surface area contributed by atoms with Gasteiger partial charge in [0.15, 0.2) is 0 Å². The minimum absolute atomic E-state index is 0.171. The highest BCUT2D eigenvalue weighted by Gasteiger charge is 2.31. The number of carbonyl (C=O) groups excluding carboxylic acids is 1. The molecule has 14 heteroatoms. The molecule has 0 heterocycles. The van der Waals surface area contributed by atoms with Gasteiger partial charge in [-0.3, -0.25) is 13.8 Å². The van der Waals surface area contributed by atoms with Crippen molar-refractivity contribution in [1.29, 1.82) is 0 Å². The second-order valence-electron chi connectivity index (χ2n) is 8.36. The summed E-state index contributed by atoms with van der Waals surface area (Å²) >= 11 is 0. The highest BCUT2D eigenvalue weighted by molar-refractivity contribution is 7.92. The molecule has 1 amide bonds. The van der Waals surface area contributed by atoms with E-state index in [2.05, 4.69) is 10.0 Å². The molecule has 0 bridgehead atoms. The van der Waals surface area contributed by atoms with Crippen LogP contribution in [0.3, 0.4) is 0 Å². The van der Waals surface area contributed by atoms with Gasteiger partial charge in [-0.05, 0) is 80.6 Å². The lowest BCUT2D eigenvalue weighted by atomic mass is 10.2. The van der Waals surface area contributed by atoms with Gasteiger partial charge in [0.25, 0.3) is 10.0 Å². The fourth-order valence-corrected chi connectivity index (χ4v) is 5.83. The monoisotopic (exact) mass is 585 g/mol. The summed E-state index contributed by atoms with van der Waals surface area (Å²) in [6.45, 7) is 3.62. The summed E-state index contributed by atoms with van der Waals surface area (Å²) < 4.78 is 97.5. The Labute approximate surface area is 224 Å². The minimum atomic E-state index is -4.64. The zero-order valence-corrected chi connectivity index (χ0v) is 22.7. The lowest BCUT2D eigenvalue weighted by molar-refractivity contribution is -0.137. The first kappa shape index (κ1) is 29.8. The number of benzene rings is 3. The molecule has 0 aromatic heterocycles. The van der Waals surface area contributed by atoms with E-state index in [0.29, 0.717) is 18.4 Å². The van der Waals surface area contributed by atoms with Crippen LogP contribution in [-0.4, -0.2) is 41.6 Å². The van der Waals surface area contributed by atoms with Crippen molar-refractivity contribution in [1.82, 2.24) is 0 Å². The number of rotatable bonds is 10. The van der Waals surface area contributed by atoms with Crippen molar-refractivity contribution in [2.24, 2.45) is 0 Å². The number of hydrogen-bond acceptors (Lipinski definition) is 6. The van der Waals surface area contributed by atoms with Gasteiger partial charge in [0, 0.05) is 11.4 Å². The molecule has 0 spiro atoms. The third-order valence-corrected chi connectivity index (χ3v) is 8.00. The lowest BCUT2D eigenvalue weighted by Gasteiger charge is -2.28. The van der Waals surface area contributed by atoms with Crippen LogP contribution in [0.15, 0.2) is 77.7 Å². The number of anilines is 3. The smallest absolute Gasteiger partial charge is 0.416 e. The van der Waals surface area contributed by atoms with E-state index >= 15 is 0 Å². The largest absolute Gasteiger partial charge is 0.494 e. The van der Waals surface area contributed by atoms with Crippen LogP contribution in [0.4, 0.5) is 30.2 Å². The molecule has 0 aliphatic rings. The van der Waals surface area contributed by atoms with E-state index in [0.717, 1.165) is 34.8 Å². The van der Waals surface area contributed by atoms with Crippen LogP contribution in [0.25, 0.3) is 0 Å². The number of nitrogens with zero attached hydrogens (tertiary/aromatic N) is 1. The van der Waals surface area contributed by atoms with E-state index in [1.807, 2.05) is 0 Å². The Morgan fingerprint density at radius 2 is 1.56 bits per heavy atom. The van der Waals surface area contributed by atoms with E-state index in [4.69, 9.17) is 4.74 Å². The van der Waals surface area contributed by atoms with Gasteiger partial charge in [0.1, 0.15) is 11.8 Å². The van der Waals surface area contributed by atoms with Gasteiger partial charge in [-0.2, -0.15) is 13.2 Å². The SMILES string of the molecule is CCOc1ccc(N([C@H](C)C(=O)Nc2ccc(S(=O)(=O)Nc3cccc(C(F)(F)F)c3)cc2)S(C)(=O)=O)cc1. The Morgan fingerprint density at radius 3 is 2.10 bits per heavy atom. The molecular formula is C25H26F3N3O6S2. The Kier molecular flexibility index (Phi) is 8.80. The third kappa shape index (κ3) is 7.63. The minimum Gasteiger partial charge on any atom is -0.494 e. The fraction of sp³-hybridized carbons (Fsp3) is 0.240. The summed E-state index contributed by atoms with van der Waals surface area (Å²) in [5.74, 6) is -0.156. The maximum absolute atomic E-state index is 12.9. The molecule has 39 heavy (non-hydrogen) atoms. The summed E-state index contributed by atoms with van der Waals surface area (Å²) in [5.41, 5.74) is -0.870. The first-order valence-electron chi connectivity index (χ1n) is 11.4. The average Bonchev–Trinajstić information content (AvgIpc) is 2.84. The number of nitrogens with one attached hydrogen (secondary N) is 2. The molecule has 0 aliphatic carbocycles. The number of ether oxygens (including phenoxy) is 1. The van der Waals surface area contributed by atoms with E-state index in [1.165, 1.54) is 37.3 Å². The Morgan fingerprint density at radius 1 is 0.949 bits per heavy atom. The van der Waals surface area contributed by atoms with Crippen LogP contribution in [0, 0.1) is 0 Å². The molecule has 2 N–H and O–H groups in total. The second-order valence-corrected chi connectivity index (χ2v) is 11.9. The number of carbonyl (C=O) groups is 1. The summed E-state index contributed by atoms with van der Waals surface area (Å²) in [6, 6.07) is 13.6. The second kappa shape index (κ2) is 11.5. The van der Waals surface area contributed by atoms with E-state index in [1.54, 1.807) is 19.1 Å². The lowest BCUT2D eigenvalue weighted by Crippen LogP contribution is -2.45. The quantitative estimate of drug-likeness (QED) is 0.356. The van der Waals surface area contributed by atoms with Gasteiger partial charge >= 0.3 is 6.18 Å². The molecule has 3 rings (SSSR count). The Bertz CT molecular complexity index is 1530. The van der Waals surface area contributed by atoms with Crippen molar-refractivity contribution in [3.05, 3.63) is 78.4 Å². The van der Waals surface area contributed by atoms with Crippen molar-refractivity contribution in [3.8, 4) is 5.75 Å². The van der Waals surface area contributed by atoms with Crippen LogP contribution in [0.2, 0.25) is 0 Å². The van der Waals surface area contributed by atoms with E-state index in [9.17, 15) is 34.8 Å². The van der Waals surface area contributed by atoms with Crippen LogP contribution in [0.5, 0.6) is 5.75 Å². The molecule has 0 saturated heterocycles. The summed E-state index contributed by atoms with van der Waals surface area (Å²) in [7, 11) is -8.12. The first-order valence-corrected chi connectivity index (χ1v) is 14.8. The molecule has 0 saturated carbocycles. The zero-order valence-electron chi connectivity index (χ0n) is 21.1. The molecule has 0 unspecified atom stereocenters. The molecular weight excluding hydrogens is 559 g/mol. The molecule has 1 atom stereocenters. The van der Waals surface area contributed by atoms with E-state index in [-0.39, 0.29) is 22.0 Å². The highest BCUT2D eigenvalue weighted by Crippen LogP contribution is 2.31. The van der Waals surface area contributed by atoms with Crippen molar-refractivity contribution >= 4 is 43.0 Å². The predicted octanol–water partition coefficient (Wildman–Crippen LogP) is 4.70. The average molecular weight is 586 g/mol. The zero-order chi connectivity index (χ0) is 29.0. The standard InChI is InChI=1S/C25H26F3N3O6S2/c1-4-37-22-12-10-21(11-13-22)31(38(3,33)34)17(2)24(32)29-19-8-14-23(15-9-19)39(35,36)30-20-7-5-6-18(16-20)25(26,27)28/h5-17,30H,4H2,1-3H3,(H,29,32)/t17-/m1/s1. The van der Waals surface area contributed by atoms with Gasteiger partial charge in [-0.1, -0.05) is 6.07 Å². The number of sulfonamides is 2. The Balaban J connectivity index is 1.75. The molecule has 0 radical (unpaired) electrons. The van der Waals surface area contributed by atoms with Crippen LogP contribution in [-0.2, 0) is 31.0 Å². The fourth-order valence-electron chi connectivity index (χ4n) is 3.60. The summed E-state index contributed by atoms with van der Waals surface area (Å²) in [5, 5.41) is 2.54. The highest BCUT2D eigenvalue weighted by atomic mass is 32.2.